The van der Waals surface area contributed by atoms with Crippen LogP contribution >= 0.6 is 0 Å². The number of ether oxygens (including phenoxy) is 2. The molecule has 1 fully saturated rings. The second kappa shape index (κ2) is 7.67. The number of para-hydroxylation sites is 1. The topological polar surface area (TPSA) is 71.1 Å². The number of benzene rings is 2. The molecule has 1 N–H and O–H groups in total. The fraction of sp³-hybridized carbons (Fsp3) is 0.300. The molecule has 27 heavy (non-hydrogen) atoms. The first-order valence-corrected chi connectivity index (χ1v) is 8.95. The van der Waals surface area contributed by atoms with Gasteiger partial charge in [0.25, 0.3) is 0 Å². The average Bonchev–Trinajstić information content (AvgIpc) is 3.16. The van der Waals surface area contributed by atoms with E-state index in [-0.39, 0.29) is 6.79 Å². The highest BCUT2D eigenvalue weighted by atomic mass is 16.7. The molecule has 0 atom stereocenters. The van der Waals surface area contributed by atoms with Crippen molar-refractivity contribution in [1.82, 2.24) is 9.80 Å². The smallest absolute Gasteiger partial charge is 0.313 e. The van der Waals surface area contributed by atoms with Gasteiger partial charge in [0, 0.05) is 38.4 Å². The number of piperazine rings is 1. The lowest BCUT2D eigenvalue weighted by molar-refractivity contribution is -0.144. The first-order valence-electron chi connectivity index (χ1n) is 8.95. The number of rotatable bonds is 3. The van der Waals surface area contributed by atoms with Crippen LogP contribution in [0.3, 0.4) is 0 Å². The van der Waals surface area contributed by atoms with Gasteiger partial charge in [-0.1, -0.05) is 24.3 Å². The molecule has 1 saturated heterocycles. The second-order valence-corrected chi connectivity index (χ2v) is 6.58. The molecule has 2 amide bonds. The quantitative estimate of drug-likeness (QED) is 0.836. The predicted molar refractivity (Wildman–Crippen MR) is 99.5 cm³/mol. The van der Waals surface area contributed by atoms with Crippen molar-refractivity contribution in [2.45, 2.75) is 6.54 Å². The lowest BCUT2D eigenvalue weighted by atomic mass is 10.1. The van der Waals surface area contributed by atoms with Gasteiger partial charge in [0.2, 0.25) is 6.79 Å². The molecule has 0 bridgehead atoms. The first-order chi connectivity index (χ1) is 13.2. The number of nitrogens with zero attached hydrogens (tertiary/aromatic N) is 2. The Morgan fingerprint density at radius 3 is 2.44 bits per heavy atom. The Labute approximate surface area is 157 Å². The highest BCUT2D eigenvalue weighted by Gasteiger charge is 2.26. The molecule has 0 saturated carbocycles. The van der Waals surface area contributed by atoms with E-state index in [2.05, 4.69) is 10.2 Å². The third-order valence-electron chi connectivity index (χ3n) is 4.73. The summed E-state index contributed by atoms with van der Waals surface area (Å²) in [4.78, 5) is 28.4. The van der Waals surface area contributed by atoms with E-state index >= 15 is 0 Å². The maximum absolute atomic E-state index is 12.4. The number of fused-ring (bicyclic) bond motifs is 1. The van der Waals surface area contributed by atoms with Gasteiger partial charge in [-0.05, 0) is 29.8 Å². The summed E-state index contributed by atoms with van der Waals surface area (Å²) in [5, 5.41) is 2.64. The van der Waals surface area contributed by atoms with Gasteiger partial charge < -0.3 is 19.7 Å². The Morgan fingerprint density at radius 1 is 0.926 bits per heavy atom. The van der Waals surface area contributed by atoms with Gasteiger partial charge in [-0.2, -0.15) is 0 Å². The van der Waals surface area contributed by atoms with Crippen LogP contribution in [-0.4, -0.2) is 54.6 Å². The molecule has 140 valence electrons. The number of carbonyl (C=O) groups is 2. The van der Waals surface area contributed by atoms with E-state index < -0.39 is 11.8 Å². The van der Waals surface area contributed by atoms with Crippen molar-refractivity contribution in [2.24, 2.45) is 0 Å². The number of hydrogen-bond donors (Lipinski definition) is 1. The van der Waals surface area contributed by atoms with Crippen molar-refractivity contribution in [1.29, 1.82) is 0 Å². The first kappa shape index (κ1) is 17.4. The van der Waals surface area contributed by atoms with Crippen LogP contribution in [0.1, 0.15) is 5.56 Å². The lowest BCUT2D eigenvalue weighted by Gasteiger charge is -2.34. The third kappa shape index (κ3) is 4.03. The van der Waals surface area contributed by atoms with Crippen molar-refractivity contribution in [3.05, 3.63) is 54.1 Å². The highest BCUT2D eigenvalue weighted by molar-refractivity contribution is 6.39. The zero-order valence-electron chi connectivity index (χ0n) is 14.9. The molecular weight excluding hydrogens is 346 g/mol. The van der Waals surface area contributed by atoms with E-state index in [9.17, 15) is 9.59 Å². The summed E-state index contributed by atoms with van der Waals surface area (Å²) in [6.07, 6.45) is 0. The molecule has 0 aliphatic carbocycles. The van der Waals surface area contributed by atoms with Gasteiger partial charge in [-0.25, -0.2) is 0 Å². The Kier molecular flexibility index (Phi) is 4.93. The summed E-state index contributed by atoms with van der Waals surface area (Å²) >= 11 is 0. The van der Waals surface area contributed by atoms with Crippen LogP contribution in [-0.2, 0) is 16.1 Å². The van der Waals surface area contributed by atoms with Crippen LogP contribution < -0.4 is 14.8 Å². The van der Waals surface area contributed by atoms with Crippen molar-refractivity contribution < 1.29 is 19.1 Å². The van der Waals surface area contributed by atoms with Gasteiger partial charge in [-0.3, -0.25) is 14.5 Å². The van der Waals surface area contributed by atoms with Gasteiger partial charge in [0.1, 0.15) is 0 Å². The SMILES string of the molecule is O=C(Nc1ccccc1)C(=O)N1CCN(Cc2ccc3c(c2)OCO3)CC1. The fourth-order valence-electron chi connectivity index (χ4n) is 3.26. The molecule has 2 aromatic rings. The minimum absolute atomic E-state index is 0.268. The molecule has 2 aliphatic rings. The van der Waals surface area contributed by atoms with Crippen molar-refractivity contribution in [2.75, 3.05) is 38.3 Å². The summed E-state index contributed by atoms with van der Waals surface area (Å²) in [7, 11) is 0. The zero-order valence-corrected chi connectivity index (χ0v) is 14.9. The van der Waals surface area contributed by atoms with E-state index in [0.29, 0.717) is 18.8 Å². The molecule has 0 radical (unpaired) electrons. The Balaban J connectivity index is 1.28. The number of hydrogen-bond acceptors (Lipinski definition) is 5. The molecule has 7 nitrogen and oxygen atoms in total. The molecule has 2 heterocycles. The Morgan fingerprint density at radius 2 is 1.67 bits per heavy atom. The summed E-state index contributed by atoms with van der Waals surface area (Å²) in [6.45, 7) is 3.55. The highest BCUT2D eigenvalue weighted by Crippen LogP contribution is 2.32. The van der Waals surface area contributed by atoms with Crippen molar-refractivity contribution in [3.63, 3.8) is 0 Å². The largest absolute Gasteiger partial charge is 0.454 e. The van der Waals surface area contributed by atoms with Crippen LogP contribution in [0.5, 0.6) is 11.5 Å². The lowest BCUT2D eigenvalue weighted by Crippen LogP contribution is -2.51. The van der Waals surface area contributed by atoms with Gasteiger partial charge in [-0.15, -0.1) is 0 Å². The van der Waals surface area contributed by atoms with Gasteiger partial charge in [0.15, 0.2) is 11.5 Å². The van der Waals surface area contributed by atoms with Crippen LogP contribution in [0, 0.1) is 0 Å². The molecule has 0 aromatic heterocycles. The van der Waals surface area contributed by atoms with E-state index in [1.54, 1.807) is 17.0 Å². The van der Waals surface area contributed by atoms with Crippen molar-refractivity contribution in [3.8, 4) is 11.5 Å². The maximum atomic E-state index is 12.4. The van der Waals surface area contributed by atoms with Gasteiger partial charge >= 0.3 is 11.8 Å². The Bertz CT molecular complexity index is 832. The normalized spacial score (nSPS) is 16.2. The van der Waals surface area contributed by atoms with E-state index in [0.717, 1.165) is 36.7 Å². The van der Waals surface area contributed by atoms with Crippen LogP contribution in [0.2, 0.25) is 0 Å². The summed E-state index contributed by atoms with van der Waals surface area (Å²) in [5.41, 5.74) is 1.76. The van der Waals surface area contributed by atoms with Crippen LogP contribution in [0.15, 0.2) is 48.5 Å². The molecule has 0 spiro atoms. The monoisotopic (exact) mass is 367 g/mol. The second-order valence-electron chi connectivity index (χ2n) is 6.58. The summed E-state index contributed by atoms with van der Waals surface area (Å²) < 4.78 is 10.7. The molecule has 2 aromatic carbocycles. The molecule has 0 unspecified atom stereocenters. The van der Waals surface area contributed by atoms with E-state index in [1.807, 2.05) is 36.4 Å². The van der Waals surface area contributed by atoms with E-state index in [1.165, 1.54) is 0 Å². The van der Waals surface area contributed by atoms with E-state index in [4.69, 9.17) is 9.47 Å². The number of anilines is 1. The Hall–Kier alpha value is -3.06. The summed E-state index contributed by atoms with van der Waals surface area (Å²) in [6, 6.07) is 14.9. The molecule has 7 heteroatoms. The van der Waals surface area contributed by atoms with Gasteiger partial charge in [0.05, 0.1) is 0 Å². The molecule has 4 rings (SSSR count). The number of carbonyl (C=O) groups excluding carboxylic acids is 2. The standard InChI is InChI=1S/C20H21N3O4/c24-19(21-16-4-2-1-3-5-16)20(25)23-10-8-22(9-11-23)13-15-6-7-17-18(12-15)27-14-26-17/h1-7,12H,8-11,13-14H2,(H,21,24). The molecular formula is C20H21N3O4. The number of nitrogens with one attached hydrogen (secondary N) is 1. The average molecular weight is 367 g/mol. The number of amides is 2. The van der Waals surface area contributed by atoms with Crippen LogP contribution in [0.4, 0.5) is 5.69 Å². The zero-order chi connectivity index (χ0) is 18.6. The fourth-order valence-corrected chi connectivity index (χ4v) is 3.26. The predicted octanol–water partition coefficient (Wildman–Crippen LogP) is 1.70. The molecule has 2 aliphatic heterocycles. The minimum atomic E-state index is -0.592. The third-order valence-corrected chi connectivity index (χ3v) is 4.73. The minimum Gasteiger partial charge on any atom is -0.454 e. The maximum Gasteiger partial charge on any atom is 0.313 e. The van der Waals surface area contributed by atoms with Crippen LogP contribution in [0.25, 0.3) is 0 Å². The summed E-state index contributed by atoms with van der Waals surface area (Å²) in [5.74, 6) is 0.476. The van der Waals surface area contributed by atoms with Crippen molar-refractivity contribution >= 4 is 17.5 Å².